The van der Waals surface area contributed by atoms with Crippen molar-refractivity contribution in [3.8, 4) is 28.3 Å². The third-order valence-electron chi connectivity index (χ3n) is 5.87. The average molecular weight is 462 g/mol. The summed E-state index contributed by atoms with van der Waals surface area (Å²) < 4.78 is 30.8. The molecule has 1 aromatic carbocycles. The van der Waals surface area contributed by atoms with Crippen LogP contribution in [0.2, 0.25) is 0 Å². The molecule has 0 bridgehead atoms. The molecule has 4 aromatic heterocycles. The van der Waals surface area contributed by atoms with Crippen LogP contribution in [0.3, 0.4) is 0 Å². The van der Waals surface area contributed by atoms with Gasteiger partial charge in [0, 0.05) is 42.9 Å². The molecular formula is C24H23FN6O3. The molecule has 10 heteroatoms. The molecule has 0 radical (unpaired) electrons. The monoisotopic (exact) mass is 462 g/mol. The first-order valence-electron chi connectivity index (χ1n) is 10.7. The lowest BCUT2D eigenvalue weighted by Gasteiger charge is -2.14. The number of methoxy groups -OCH3 is 1. The van der Waals surface area contributed by atoms with Crippen LogP contribution >= 0.6 is 0 Å². The number of nitrogens with zero attached hydrogens (tertiary/aromatic N) is 6. The zero-order chi connectivity index (χ0) is 24.1. The number of imidazole rings is 1. The molecule has 0 unspecified atom stereocenters. The summed E-state index contributed by atoms with van der Waals surface area (Å²) in [4.78, 5) is 21.8. The van der Waals surface area contributed by atoms with Gasteiger partial charge in [-0.1, -0.05) is 0 Å². The molecule has 0 spiro atoms. The van der Waals surface area contributed by atoms with Crippen LogP contribution in [-0.2, 0) is 14.1 Å². The first-order valence-corrected chi connectivity index (χ1v) is 10.7. The highest BCUT2D eigenvalue weighted by Crippen LogP contribution is 2.38. The minimum absolute atomic E-state index is 0.00593. The van der Waals surface area contributed by atoms with Gasteiger partial charge in [-0.15, -0.1) is 0 Å². The second-order valence-corrected chi connectivity index (χ2v) is 7.94. The molecule has 0 aliphatic heterocycles. The van der Waals surface area contributed by atoms with Crippen molar-refractivity contribution >= 4 is 21.9 Å². The molecule has 9 nitrogen and oxygen atoms in total. The summed E-state index contributed by atoms with van der Waals surface area (Å²) in [5, 5.41) is 5.12. The predicted molar refractivity (Wildman–Crippen MR) is 126 cm³/mol. The zero-order valence-electron chi connectivity index (χ0n) is 19.5. The normalized spacial score (nSPS) is 11.5. The standard InChI is InChI=1S/C24H23FN6O3/c1-6-34-20-8-18-15(7-14(20)16-12-29(3)28-13(16)2)22-19(10-27-18)30(4)24(32)31(22)23-17(25)9-26-11-21(23)33-5/h7-12H,6H2,1-5H3. The summed E-state index contributed by atoms with van der Waals surface area (Å²) in [5.74, 6) is 0.123. The highest BCUT2D eigenvalue weighted by Gasteiger charge is 2.23. The van der Waals surface area contributed by atoms with Crippen molar-refractivity contribution in [1.29, 1.82) is 0 Å². The van der Waals surface area contributed by atoms with E-state index in [0.29, 0.717) is 34.3 Å². The predicted octanol–water partition coefficient (Wildman–Crippen LogP) is 3.53. The van der Waals surface area contributed by atoms with Gasteiger partial charge in [-0.05, 0) is 19.9 Å². The van der Waals surface area contributed by atoms with Gasteiger partial charge in [0.25, 0.3) is 0 Å². The minimum Gasteiger partial charge on any atom is -0.493 e. The van der Waals surface area contributed by atoms with Gasteiger partial charge in [0.15, 0.2) is 11.6 Å². The van der Waals surface area contributed by atoms with E-state index in [1.807, 2.05) is 39.2 Å². The van der Waals surface area contributed by atoms with Crippen molar-refractivity contribution in [3.05, 3.63) is 58.9 Å². The largest absolute Gasteiger partial charge is 0.493 e. The quantitative estimate of drug-likeness (QED) is 0.397. The summed E-state index contributed by atoms with van der Waals surface area (Å²) >= 11 is 0. The number of aryl methyl sites for hydroxylation is 3. The van der Waals surface area contributed by atoms with Crippen LogP contribution in [0, 0.1) is 12.7 Å². The van der Waals surface area contributed by atoms with Gasteiger partial charge >= 0.3 is 5.69 Å². The lowest BCUT2D eigenvalue weighted by Crippen LogP contribution is -2.22. The first kappa shape index (κ1) is 21.6. The van der Waals surface area contributed by atoms with E-state index < -0.39 is 11.5 Å². The van der Waals surface area contributed by atoms with Crippen LogP contribution in [0.5, 0.6) is 11.5 Å². The van der Waals surface area contributed by atoms with Crippen molar-refractivity contribution in [2.45, 2.75) is 13.8 Å². The van der Waals surface area contributed by atoms with Crippen LogP contribution in [0.15, 0.2) is 41.7 Å². The highest BCUT2D eigenvalue weighted by atomic mass is 19.1. The average Bonchev–Trinajstić information content (AvgIpc) is 3.28. The number of rotatable bonds is 5. The van der Waals surface area contributed by atoms with E-state index in [1.165, 1.54) is 22.4 Å². The van der Waals surface area contributed by atoms with Crippen molar-refractivity contribution in [2.75, 3.05) is 13.7 Å². The number of ether oxygens (including phenoxy) is 2. The van der Waals surface area contributed by atoms with Gasteiger partial charge in [-0.25, -0.2) is 9.18 Å². The molecule has 0 saturated heterocycles. The van der Waals surface area contributed by atoms with E-state index in [9.17, 15) is 4.79 Å². The Labute approximate surface area is 194 Å². The third-order valence-corrected chi connectivity index (χ3v) is 5.87. The fraction of sp³-hybridized carbons (Fsp3) is 0.250. The lowest BCUT2D eigenvalue weighted by molar-refractivity contribution is 0.342. The van der Waals surface area contributed by atoms with E-state index in [-0.39, 0.29) is 11.4 Å². The lowest BCUT2D eigenvalue weighted by atomic mass is 10.0. The summed E-state index contributed by atoms with van der Waals surface area (Å²) in [6.45, 7) is 4.30. The molecule has 0 aliphatic rings. The number of benzene rings is 1. The summed E-state index contributed by atoms with van der Waals surface area (Å²) in [6, 6.07) is 3.75. The fourth-order valence-corrected chi connectivity index (χ4v) is 4.36. The van der Waals surface area contributed by atoms with Gasteiger partial charge in [0.1, 0.15) is 11.4 Å². The maximum Gasteiger partial charge on any atom is 0.333 e. The maximum absolute atomic E-state index is 15.0. The Morgan fingerprint density at radius 2 is 1.88 bits per heavy atom. The van der Waals surface area contributed by atoms with E-state index in [1.54, 1.807) is 17.9 Å². The third kappa shape index (κ3) is 3.13. The van der Waals surface area contributed by atoms with Crippen molar-refractivity contribution in [3.63, 3.8) is 0 Å². The maximum atomic E-state index is 15.0. The van der Waals surface area contributed by atoms with Gasteiger partial charge < -0.3 is 9.47 Å². The van der Waals surface area contributed by atoms with Crippen LogP contribution in [0.25, 0.3) is 38.8 Å². The Morgan fingerprint density at radius 3 is 2.56 bits per heavy atom. The Hall–Kier alpha value is -4.21. The van der Waals surface area contributed by atoms with Crippen LogP contribution in [0.4, 0.5) is 4.39 Å². The number of pyridine rings is 2. The fourth-order valence-electron chi connectivity index (χ4n) is 4.36. The number of hydrogen-bond donors (Lipinski definition) is 0. The number of halogens is 1. The molecule has 0 aliphatic carbocycles. The minimum atomic E-state index is -0.673. The number of hydrogen-bond acceptors (Lipinski definition) is 6. The zero-order valence-corrected chi connectivity index (χ0v) is 19.5. The molecule has 0 saturated carbocycles. The Morgan fingerprint density at radius 1 is 1.09 bits per heavy atom. The first-order chi connectivity index (χ1) is 16.3. The van der Waals surface area contributed by atoms with E-state index in [0.717, 1.165) is 23.0 Å². The Bertz CT molecular complexity index is 1630. The van der Waals surface area contributed by atoms with Gasteiger partial charge in [0.05, 0.1) is 54.6 Å². The van der Waals surface area contributed by atoms with Gasteiger partial charge in [-0.2, -0.15) is 5.10 Å². The molecule has 0 atom stereocenters. The summed E-state index contributed by atoms with van der Waals surface area (Å²) in [7, 11) is 4.89. The van der Waals surface area contributed by atoms with E-state index in [4.69, 9.17) is 9.47 Å². The molecule has 0 fully saturated rings. The van der Waals surface area contributed by atoms with Crippen LogP contribution in [0.1, 0.15) is 12.6 Å². The molecule has 174 valence electrons. The molecule has 5 rings (SSSR count). The Kier molecular flexibility index (Phi) is 5.07. The van der Waals surface area contributed by atoms with Gasteiger partial charge in [0.2, 0.25) is 0 Å². The molecule has 0 amide bonds. The van der Waals surface area contributed by atoms with E-state index >= 15 is 4.39 Å². The summed E-state index contributed by atoms with van der Waals surface area (Å²) in [5.41, 5.74) is 3.75. The number of aromatic nitrogens is 6. The second kappa shape index (κ2) is 7.98. The van der Waals surface area contributed by atoms with Crippen LogP contribution in [-0.4, -0.2) is 42.6 Å². The molecule has 4 heterocycles. The SMILES string of the molecule is CCOc1cc2ncc3c(c2cc1-c1cn(C)nc1C)n(-c1c(F)cncc1OC)c(=O)n3C. The van der Waals surface area contributed by atoms with Gasteiger partial charge in [-0.3, -0.25) is 23.8 Å². The Balaban J connectivity index is 1.96. The molecule has 0 N–H and O–H groups in total. The van der Waals surface area contributed by atoms with Crippen molar-refractivity contribution in [1.82, 2.24) is 28.9 Å². The van der Waals surface area contributed by atoms with Crippen molar-refractivity contribution < 1.29 is 13.9 Å². The van der Waals surface area contributed by atoms with Crippen molar-refractivity contribution in [2.24, 2.45) is 14.1 Å². The van der Waals surface area contributed by atoms with Crippen LogP contribution < -0.4 is 15.2 Å². The second-order valence-electron chi connectivity index (χ2n) is 7.94. The van der Waals surface area contributed by atoms with E-state index in [2.05, 4.69) is 15.1 Å². The summed E-state index contributed by atoms with van der Waals surface area (Å²) in [6.07, 6.45) is 5.96. The molecular weight excluding hydrogens is 439 g/mol. The molecule has 5 aromatic rings. The molecule has 34 heavy (non-hydrogen) atoms. The smallest absolute Gasteiger partial charge is 0.333 e. The highest BCUT2D eigenvalue weighted by molar-refractivity contribution is 6.06. The number of fused-ring (bicyclic) bond motifs is 3. The topological polar surface area (TPSA) is 89.0 Å².